The van der Waals surface area contributed by atoms with Gasteiger partial charge in [0.25, 0.3) is 5.91 Å². The van der Waals surface area contributed by atoms with Crippen LogP contribution in [-0.2, 0) is 16.0 Å². The van der Waals surface area contributed by atoms with Crippen molar-refractivity contribution in [3.8, 4) is 0 Å². The Labute approximate surface area is 153 Å². The lowest BCUT2D eigenvalue weighted by molar-refractivity contribution is -0.129. The maximum Gasteiger partial charge on any atom is 0.271 e. The first-order valence-corrected chi connectivity index (χ1v) is 8.83. The van der Waals surface area contributed by atoms with E-state index in [1.165, 1.54) is 6.21 Å². The summed E-state index contributed by atoms with van der Waals surface area (Å²) in [7, 11) is 0. The highest BCUT2D eigenvalue weighted by atomic mass is 16.3. The molecule has 2 amide bonds. The zero-order valence-electron chi connectivity index (χ0n) is 15.2. The third-order valence-corrected chi connectivity index (χ3v) is 3.87. The van der Waals surface area contributed by atoms with E-state index in [1.54, 1.807) is 0 Å². The number of carbonyl (C=O) groups excluding carboxylic acids is 2. The zero-order chi connectivity index (χ0) is 18.9. The van der Waals surface area contributed by atoms with Gasteiger partial charge in [-0.3, -0.25) is 19.6 Å². The summed E-state index contributed by atoms with van der Waals surface area (Å²) in [5.74, 6) is -0.633. The van der Waals surface area contributed by atoms with Crippen LogP contribution in [-0.4, -0.2) is 54.2 Å². The molecule has 0 saturated heterocycles. The molecule has 0 fully saturated rings. The molecule has 0 spiro atoms. The van der Waals surface area contributed by atoms with Gasteiger partial charge in [0.15, 0.2) is 0 Å². The lowest BCUT2D eigenvalue weighted by Crippen LogP contribution is -2.52. The summed E-state index contributed by atoms with van der Waals surface area (Å²) in [6.07, 6.45) is 1.23. The Hall–Kier alpha value is -2.54. The highest BCUT2D eigenvalue weighted by Gasteiger charge is 2.25. The third kappa shape index (κ3) is 6.40. The maximum absolute atomic E-state index is 12.6. The standard InChI is InChI=1S/C19H26N4O3/c1-13(2)10-17(24)23-18(25)15(11-14-6-4-3-5-7-14)22-19(26)16-12-20-8-9-21-16/h3-7,12-13,15,17,24H,8-11H2,1-2H3,(H,22,26)(H,23,25)/t15-,17+/m0/s1. The molecular formula is C19H26N4O3. The van der Waals surface area contributed by atoms with Crippen LogP contribution in [0.3, 0.4) is 0 Å². The van der Waals surface area contributed by atoms with Crippen molar-refractivity contribution in [2.75, 3.05) is 13.1 Å². The van der Waals surface area contributed by atoms with Crippen LogP contribution >= 0.6 is 0 Å². The van der Waals surface area contributed by atoms with E-state index in [1.807, 2.05) is 44.2 Å². The first-order valence-electron chi connectivity index (χ1n) is 8.83. The van der Waals surface area contributed by atoms with Crippen LogP contribution in [0.15, 0.2) is 40.3 Å². The Balaban J connectivity index is 2.07. The van der Waals surface area contributed by atoms with Crippen LogP contribution in [0.5, 0.6) is 0 Å². The highest BCUT2D eigenvalue weighted by molar-refractivity contribution is 6.61. The molecule has 2 atom stereocenters. The second kappa shape index (κ2) is 9.82. The lowest BCUT2D eigenvalue weighted by Gasteiger charge is -2.22. The van der Waals surface area contributed by atoms with Gasteiger partial charge < -0.3 is 15.7 Å². The van der Waals surface area contributed by atoms with Crippen LogP contribution in [0.4, 0.5) is 0 Å². The largest absolute Gasteiger partial charge is 0.374 e. The predicted octanol–water partition coefficient (Wildman–Crippen LogP) is 0.720. The minimum atomic E-state index is -0.953. The number of amides is 2. The van der Waals surface area contributed by atoms with E-state index >= 15 is 0 Å². The summed E-state index contributed by atoms with van der Waals surface area (Å²) in [6, 6.07) is 8.59. The second-order valence-electron chi connectivity index (χ2n) is 6.67. The van der Waals surface area contributed by atoms with Crippen molar-refractivity contribution in [1.82, 2.24) is 10.6 Å². The van der Waals surface area contributed by atoms with Gasteiger partial charge in [0.05, 0.1) is 19.3 Å². The lowest BCUT2D eigenvalue weighted by atomic mass is 10.0. The molecule has 0 aromatic heterocycles. The topological polar surface area (TPSA) is 103 Å². The molecule has 26 heavy (non-hydrogen) atoms. The number of rotatable bonds is 8. The van der Waals surface area contributed by atoms with Crippen LogP contribution in [0.2, 0.25) is 0 Å². The highest BCUT2D eigenvalue weighted by Crippen LogP contribution is 2.06. The second-order valence-corrected chi connectivity index (χ2v) is 6.67. The molecular weight excluding hydrogens is 332 g/mol. The van der Waals surface area contributed by atoms with Gasteiger partial charge in [-0.2, -0.15) is 0 Å². The predicted molar refractivity (Wildman–Crippen MR) is 101 cm³/mol. The van der Waals surface area contributed by atoms with Gasteiger partial charge >= 0.3 is 0 Å². The number of nitrogens with zero attached hydrogens (tertiary/aromatic N) is 2. The maximum atomic E-state index is 12.6. The Bertz CT molecular complexity index is 671. The van der Waals surface area contributed by atoms with E-state index < -0.39 is 24.1 Å². The molecule has 1 aromatic rings. The van der Waals surface area contributed by atoms with Gasteiger partial charge in [0.1, 0.15) is 18.0 Å². The number of aliphatic imine (C=N–C) groups is 2. The molecule has 7 heteroatoms. The van der Waals surface area contributed by atoms with E-state index in [0.29, 0.717) is 25.9 Å². The van der Waals surface area contributed by atoms with E-state index in [9.17, 15) is 14.7 Å². The molecule has 7 nitrogen and oxygen atoms in total. The Morgan fingerprint density at radius 1 is 1.15 bits per heavy atom. The van der Waals surface area contributed by atoms with Crippen molar-refractivity contribution in [3.63, 3.8) is 0 Å². The smallest absolute Gasteiger partial charge is 0.271 e. The number of aliphatic hydroxyl groups excluding tert-OH is 1. The van der Waals surface area contributed by atoms with Crippen LogP contribution < -0.4 is 10.6 Å². The molecule has 1 heterocycles. The molecule has 0 aliphatic carbocycles. The Morgan fingerprint density at radius 3 is 2.50 bits per heavy atom. The number of hydrogen-bond donors (Lipinski definition) is 3. The molecule has 0 saturated carbocycles. The van der Waals surface area contributed by atoms with E-state index in [0.717, 1.165) is 5.56 Å². The number of benzene rings is 1. The normalized spacial score (nSPS) is 15.9. The van der Waals surface area contributed by atoms with Crippen LogP contribution in [0.25, 0.3) is 0 Å². The van der Waals surface area contributed by atoms with Gasteiger partial charge in [-0.25, -0.2) is 0 Å². The minimum Gasteiger partial charge on any atom is -0.374 e. The molecule has 1 aliphatic rings. The van der Waals surface area contributed by atoms with Crippen molar-refractivity contribution in [1.29, 1.82) is 0 Å². The summed E-state index contributed by atoms with van der Waals surface area (Å²) >= 11 is 0. The van der Waals surface area contributed by atoms with Crippen LogP contribution in [0.1, 0.15) is 25.8 Å². The first kappa shape index (κ1) is 19.8. The fourth-order valence-corrected chi connectivity index (χ4v) is 2.61. The monoisotopic (exact) mass is 358 g/mol. The average Bonchev–Trinajstić information content (AvgIpc) is 2.62. The van der Waals surface area contributed by atoms with Gasteiger partial charge in [-0.15, -0.1) is 0 Å². The van der Waals surface area contributed by atoms with Gasteiger partial charge in [0, 0.05) is 6.42 Å². The van der Waals surface area contributed by atoms with Crippen molar-refractivity contribution >= 4 is 23.7 Å². The third-order valence-electron chi connectivity index (χ3n) is 3.87. The number of carbonyl (C=O) groups is 2. The van der Waals surface area contributed by atoms with E-state index in [2.05, 4.69) is 20.6 Å². The number of hydrogen-bond acceptors (Lipinski definition) is 5. The van der Waals surface area contributed by atoms with E-state index in [-0.39, 0.29) is 11.6 Å². The van der Waals surface area contributed by atoms with Gasteiger partial charge in [-0.1, -0.05) is 44.2 Å². The van der Waals surface area contributed by atoms with Crippen molar-refractivity contribution in [3.05, 3.63) is 35.9 Å². The molecule has 0 bridgehead atoms. The SMILES string of the molecule is CC(C)C[C@@H](O)NC(=O)[C@H](Cc1ccccc1)NC(=O)C1=NCCN=C1. The van der Waals surface area contributed by atoms with Crippen molar-refractivity contribution in [2.45, 2.75) is 39.0 Å². The molecule has 140 valence electrons. The first-order chi connectivity index (χ1) is 12.5. The van der Waals surface area contributed by atoms with Crippen molar-refractivity contribution in [2.24, 2.45) is 15.9 Å². The molecule has 2 rings (SSSR count). The summed E-state index contributed by atoms with van der Waals surface area (Å²) in [5, 5.41) is 15.3. The quantitative estimate of drug-likeness (QED) is 0.597. The molecule has 0 radical (unpaired) electrons. The molecule has 3 N–H and O–H groups in total. The molecule has 1 aliphatic heterocycles. The minimum absolute atomic E-state index is 0.213. The zero-order valence-corrected chi connectivity index (χ0v) is 15.2. The fourth-order valence-electron chi connectivity index (χ4n) is 2.61. The summed E-state index contributed by atoms with van der Waals surface area (Å²) in [5.41, 5.74) is 1.12. The Morgan fingerprint density at radius 2 is 1.88 bits per heavy atom. The molecule has 0 unspecified atom stereocenters. The summed E-state index contributed by atoms with van der Waals surface area (Å²) in [6.45, 7) is 4.94. The van der Waals surface area contributed by atoms with Gasteiger partial charge in [0.2, 0.25) is 5.91 Å². The average molecular weight is 358 g/mol. The summed E-state index contributed by atoms with van der Waals surface area (Å²) in [4.78, 5) is 33.2. The Kier molecular flexibility index (Phi) is 7.47. The molecule has 1 aromatic carbocycles. The van der Waals surface area contributed by atoms with Crippen LogP contribution in [0, 0.1) is 5.92 Å². The number of nitrogens with one attached hydrogen (secondary N) is 2. The van der Waals surface area contributed by atoms with Crippen molar-refractivity contribution < 1.29 is 14.7 Å². The van der Waals surface area contributed by atoms with E-state index in [4.69, 9.17) is 0 Å². The fraction of sp³-hybridized carbons (Fsp3) is 0.474. The summed E-state index contributed by atoms with van der Waals surface area (Å²) < 4.78 is 0. The van der Waals surface area contributed by atoms with Gasteiger partial charge in [-0.05, 0) is 17.9 Å². The number of aliphatic hydroxyl groups is 1.